The number of carbonyl (C=O) groups is 1. The Bertz CT molecular complexity index is 1020. The number of likely N-dealkylation sites (tertiary alicyclic amines) is 1. The molecule has 1 fully saturated rings. The fourth-order valence-electron chi connectivity index (χ4n) is 4.39. The van der Waals surface area contributed by atoms with Crippen LogP contribution in [-0.2, 0) is 11.8 Å². The Morgan fingerprint density at radius 1 is 1.03 bits per heavy atom. The van der Waals surface area contributed by atoms with Gasteiger partial charge in [0, 0.05) is 18.7 Å². The van der Waals surface area contributed by atoms with Crippen molar-refractivity contribution in [2.75, 3.05) is 13.1 Å². The van der Waals surface area contributed by atoms with Crippen LogP contribution in [0.2, 0.25) is 0 Å². The van der Waals surface area contributed by atoms with Crippen molar-refractivity contribution in [1.29, 1.82) is 0 Å². The molecule has 3 aromatic rings. The number of piperidine rings is 1. The summed E-state index contributed by atoms with van der Waals surface area (Å²) in [6, 6.07) is 18.9. The monoisotopic (exact) mass is 416 g/mol. The van der Waals surface area contributed by atoms with Gasteiger partial charge in [0.15, 0.2) is 5.76 Å². The van der Waals surface area contributed by atoms with Gasteiger partial charge in [0.05, 0.1) is 5.69 Å². The lowest BCUT2D eigenvalue weighted by molar-refractivity contribution is 0.0690. The maximum atomic E-state index is 13.4. The number of nitrogens with zero attached hydrogens (tertiary/aromatic N) is 2. The average Bonchev–Trinajstić information content (AvgIpc) is 3.15. The summed E-state index contributed by atoms with van der Waals surface area (Å²) in [6.07, 6.45) is 3.14. The maximum absolute atomic E-state index is 13.4. The molecule has 4 heteroatoms. The third-order valence-electron chi connectivity index (χ3n) is 6.36. The van der Waals surface area contributed by atoms with Gasteiger partial charge in [-0.15, -0.1) is 0 Å². The van der Waals surface area contributed by atoms with Gasteiger partial charge in [-0.3, -0.25) is 4.79 Å². The molecule has 4 nitrogen and oxygen atoms in total. The summed E-state index contributed by atoms with van der Waals surface area (Å²) in [7, 11) is 0. The van der Waals surface area contributed by atoms with Gasteiger partial charge in [0.25, 0.3) is 5.91 Å². The highest BCUT2D eigenvalue weighted by molar-refractivity contribution is 6.00. The predicted octanol–water partition coefficient (Wildman–Crippen LogP) is 6.04. The summed E-state index contributed by atoms with van der Waals surface area (Å²) in [6.45, 7) is 9.99. The summed E-state index contributed by atoms with van der Waals surface area (Å²) in [5, 5.41) is 4.13. The van der Waals surface area contributed by atoms with Crippen molar-refractivity contribution in [1.82, 2.24) is 10.1 Å². The van der Waals surface area contributed by atoms with Crippen molar-refractivity contribution < 1.29 is 9.32 Å². The van der Waals surface area contributed by atoms with E-state index in [1.165, 1.54) is 11.1 Å². The SMILES string of the molecule is Cc1noc(-c2ccc(C(C)(C)C)cc2)c1C(=O)N1CCC(Cc2ccccc2)CC1. The van der Waals surface area contributed by atoms with Crippen molar-refractivity contribution in [3.8, 4) is 11.3 Å². The summed E-state index contributed by atoms with van der Waals surface area (Å²) in [4.78, 5) is 15.4. The lowest BCUT2D eigenvalue weighted by Gasteiger charge is -2.32. The van der Waals surface area contributed by atoms with E-state index in [-0.39, 0.29) is 11.3 Å². The zero-order valence-corrected chi connectivity index (χ0v) is 19.0. The van der Waals surface area contributed by atoms with Gasteiger partial charge >= 0.3 is 0 Å². The summed E-state index contributed by atoms with van der Waals surface area (Å²) in [5.74, 6) is 1.24. The van der Waals surface area contributed by atoms with Crippen molar-refractivity contribution in [2.45, 2.75) is 52.4 Å². The van der Waals surface area contributed by atoms with Crippen LogP contribution in [0.4, 0.5) is 0 Å². The Kier molecular flexibility index (Phi) is 5.99. The van der Waals surface area contributed by atoms with Crippen molar-refractivity contribution in [3.63, 3.8) is 0 Å². The van der Waals surface area contributed by atoms with Crippen LogP contribution in [0.15, 0.2) is 59.1 Å². The minimum atomic E-state index is 0.0341. The summed E-state index contributed by atoms with van der Waals surface area (Å²) >= 11 is 0. The van der Waals surface area contributed by atoms with E-state index in [0.717, 1.165) is 37.9 Å². The number of benzene rings is 2. The molecule has 1 amide bonds. The van der Waals surface area contributed by atoms with Crippen LogP contribution in [0, 0.1) is 12.8 Å². The molecule has 1 saturated heterocycles. The Morgan fingerprint density at radius 2 is 1.68 bits per heavy atom. The molecule has 2 aromatic carbocycles. The van der Waals surface area contributed by atoms with Gasteiger partial charge in [0.2, 0.25) is 0 Å². The van der Waals surface area contributed by atoms with E-state index in [4.69, 9.17) is 4.52 Å². The van der Waals surface area contributed by atoms with Crippen molar-refractivity contribution in [2.24, 2.45) is 5.92 Å². The highest BCUT2D eigenvalue weighted by Crippen LogP contribution is 2.31. The average molecular weight is 417 g/mol. The number of aryl methyl sites for hydroxylation is 1. The molecule has 1 aliphatic heterocycles. The molecule has 0 aliphatic carbocycles. The maximum Gasteiger partial charge on any atom is 0.259 e. The third kappa shape index (κ3) is 4.73. The first kappa shape index (κ1) is 21.4. The standard InChI is InChI=1S/C27H32N2O2/c1-19-24(25(31-28-19)22-10-12-23(13-11-22)27(2,3)4)26(30)29-16-14-21(15-17-29)18-20-8-6-5-7-9-20/h5-13,21H,14-18H2,1-4H3. The van der Waals surface area contributed by atoms with Crippen molar-refractivity contribution in [3.05, 3.63) is 77.0 Å². The fourth-order valence-corrected chi connectivity index (χ4v) is 4.39. The number of hydrogen-bond donors (Lipinski definition) is 0. The molecule has 0 unspecified atom stereocenters. The first-order valence-corrected chi connectivity index (χ1v) is 11.2. The van der Waals surface area contributed by atoms with Crippen LogP contribution >= 0.6 is 0 Å². The third-order valence-corrected chi connectivity index (χ3v) is 6.36. The molecule has 0 bridgehead atoms. The highest BCUT2D eigenvalue weighted by Gasteiger charge is 2.29. The minimum Gasteiger partial charge on any atom is -0.355 e. The Hall–Kier alpha value is -2.88. The second kappa shape index (κ2) is 8.70. The van der Waals surface area contributed by atoms with Gasteiger partial charge in [-0.25, -0.2) is 0 Å². The molecule has 2 heterocycles. The molecular formula is C27H32N2O2. The normalized spacial score (nSPS) is 15.3. The topological polar surface area (TPSA) is 46.3 Å². The molecular weight excluding hydrogens is 384 g/mol. The van der Waals surface area contributed by atoms with Crippen LogP contribution in [0.3, 0.4) is 0 Å². The first-order valence-electron chi connectivity index (χ1n) is 11.2. The van der Waals surface area contributed by atoms with E-state index in [0.29, 0.717) is 22.9 Å². The molecule has 1 aromatic heterocycles. The second-order valence-corrected chi connectivity index (χ2v) is 9.72. The van der Waals surface area contributed by atoms with E-state index in [1.807, 2.05) is 24.0 Å². The van der Waals surface area contributed by atoms with E-state index in [9.17, 15) is 4.79 Å². The van der Waals surface area contributed by atoms with Gasteiger partial charge in [0.1, 0.15) is 5.56 Å². The van der Waals surface area contributed by atoms with E-state index < -0.39 is 0 Å². The van der Waals surface area contributed by atoms with Crippen LogP contribution < -0.4 is 0 Å². The second-order valence-electron chi connectivity index (χ2n) is 9.72. The Morgan fingerprint density at radius 3 is 2.29 bits per heavy atom. The predicted molar refractivity (Wildman–Crippen MR) is 124 cm³/mol. The number of aromatic nitrogens is 1. The molecule has 4 rings (SSSR count). The van der Waals surface area contributed by atoms with Crippen molar-refractivity contribution >= 4 is 5.91 Å². The molecule has 0 atom stereocenters. The summed E-state index contributed by atoms with van der Waals surface area (Å²) < 4.78 is 5.62. The van der Waals surface area contributed by atoms with Gasteiger partial charge in [-0.05, 0) is 48.6 Å². The molecule has 0 N–H and O–H groups in total. The van der Waals surface area contributed by atoms with E-state index in [2.05, 4.69) is 68.4 Å². The molecule has 0 radical (unpaired) electrons. The number of rotatable bonds is 4. The van der Waals surface area contributed by atoms with Crippen LogP contribution in [0.25, 0.3) is 11.3 Å². The lowest BCUT2D eigenvalue weighted by Crippen LogP contribution is -2.39. The van der Waals surface area contributed by atoms with Crippen LogP contribution in [0.5, 0.6) is 0 Å². The molecule has 1 aliphatic rings. The lowest BCUT2D eigenvalue weighted by atomic mass is 9.86. The van der Waals surface area contributed by atoms with E-state index >= 15 is 0 Å². The van der Waals surface area contributed by atoms with Gasteiger partial charge in [-0.2, -0.15) is 0 Å². The minimum absolute atomic E-state index is 0.0341. The molecule has 0 saturated carbocycles. The van der Waals surface area contributed by atoms with Crippen LogP contribution in [0.1, 0.15) is 60.8 Å². The zero-order valence-electron chi connectivity index (χ0n) is 19.0. The van der Waals surface area contributed by atoms with Gasteiger partial charge < -0.3 is 9.42 Å². The van der Waals surface area contributed by atoms with Gasteiger partial charge in [-0.1, -0.05) is 80.5 Å². The largest absolute Gasteiger partial charge is 0.355 e. The number of amides is 1. The summed E-state index contributed by atoms with van der Waals surface area (Å²) in [5.41, 5.74) is 4.87. The number of carbonyl (C=O) groups excluding carboxylic acids is 1. The van der Waals surface area contributed by atoms with Crippen LogP contribution in [-0.4, -0.2) is 29.1 Å². The Labute approximate surface area is 185 Å². The Balaban J connectivity index is 1.47. The van der Waals surface area contributed by atoms with E-state index in [1.54, 1.807) is 0 Å². The molecule has 162 valence electrons. The molecule has 0 spiro atoms. The number of hydrogen-bond acceptors (Lipinski definition) is 3. The highest BCUT2D eigenvalue weighted by atomic mass is 16.5. The molecule has 31 heavy (non-hydrogen) atoms. The quantitative estimate of drug-likeness (QED) is 0.521. The fraction of sp³-hybridized carbons (Fsp3) is 0.407. The first-order chi connectivity index (χ1) is 14.8. The zero-order chi connectivity index (χ0) is 22.0. The smallest absolute Gasteiger partial charge is 0.259 e.